The van der Waals surface area contributed by atoms with Gasteiger partial charge in [0.15, 0.2) is 11.5 Å². The maximum Gasteiger partial charge on any atom is 0.330 e. The van der Waals surface area contributed by atoms with E-state index in [0.29, 0.717) is 55.3 Å². The van der Waals surface area contributed by atoms with Crippen molar-refractivity contribution in [1.82, 2.24) is 29.8 Å². The molecule has 10 nitrogen and oxygen atoms in total. The highest BCUT2D eigenvalue weighted by Gasteiger charge is 2.22. The number of methoxy groups -OCH3 is 1. The number of hydrogen-bond acceptors (Lipinski definition) is 7. The lowest BCUT2D eigenvalue weighted by atomic mass is 9.97. The summed E-state index contributed by atoms with van der Waals surface area (Å²) in [5.74, 6) is 1.96. The van der Waals surface area contributed by atoms with Gasteiger partial charge in [-0.15, -0.1) is 5.10 Å². The molecule has 1 aliphatic heterocycles. The fraction of sp³-hybridized carbons (Fsp3) is 0.370. The predicted octanol–water partition coefficient (Wildman–Crippen LogP) is 3.19. The molecule has 1 aliphatic rings. The van der Waals surface area contributed by atoms with Gasteiger partial charge in [0.2, 0.25) is 0 Å². The molecule has 5 rings (SSSR count). The number of hydrogen-bond donors (Lipinski definition) is 1. The van der Waals surface area contributed by atoms with Crippen molar-refractivity contribution in [3.8, 4) is 22.8 Å². The Balaban J connectivity index is 1.73. The minimum atomic E-state index is -0.121. The molecule has 4 aromatic rings. The van der Waals surface area contributed by atoms with Gasteiger partial charge in [0.05, 0.1) is 25.1 Å². The van der Waals surface area contributed by atoms with E-state index in [1.54, 1.807) is 11.7 Å². The van der Waals surface area contributed by atoms with Crippen molar-refractivity contribution in [3.63, 3.8) is 0 Å². The number of ether oxygens (including phenoxy) is 2. The zero-order valence-corrected chi connectivity index (χ0v) is 21.8. The summed E-state index contributed by atoms with van der Waals surface area (Å²) in [4.78, 5) is 18.9. The zero-order valence-electron chi connectivity index (χ0n) is 21.8. The highest BCUT2D eigenvalue weighted by atomic mass is 16.5. The monoisotopic (exact) mass is 501 g/mol. The first-order valence-corrected chi connectivity index (χ1v) is 12.4. The van der Waals surface area contributed by atoms with Gasteiger partial charge in [-0.1, -0.05) is 17.7 Å². The summed E-state index contributed by atoms with van der Waals surface area (Å²) in [6, 6.07) is 10.2. The lowest BCUT2D eigenvalue weighted by Crippen LogP contribution is -2.42. The number of nitrogens with zero attached hydrogens (tertiary/aromatic N) is 6. The Bertz CT molecular complexity index is 1560. The molecule has 0 atom stereocenters. The van der Waals surface area contributed by atoms with Crippen LogP contribution in [0.5, 0.6) is 11.5 Å². The van der Waals surface area contributed by atoms with Crippen LogP contribution in [0.15, 0.2) is 40.1 Å². The fourth-order valence-electron chi connectivity index (χ4n) is 5.04. The number of benzene rings is 2. The van der Waals surface area contributed by atoms with E-state index in [-0.39, 0.29) is 5.69 Å². The Labute approximate surface area is 214 Å². The van der Waals surface area contributed by atoms with Crippen LogP contribution in [-0.2, 0) is 25.9 Å². The number of rotatable bonds is 7. The van der Waals surface area contributed by atoms with E-state index in [1.165, 1.54) is 5.56 Å². The van der Waals surface area contributed by atoms with Crippen molar-refractivity contribution in [1.29, 1.82) is 0 Å². The Hall–Kier alpha value is -4.21. The van der Waals surface area contributed by atoms with E-state index in [1.807, 2.05) is 43.5 Å². The number of tetrazole rings is 1. The van der Waals surface area contributed by atoms with Crippen LogP contribution in [0.1, 0.15) is 35.0 Å². The molecular weight excluding hydrogens is 470 g/mol. The molecule has 0 radical (unpaired) electrons. The highest BCUT2D eigenvalue weighted by Crippen LogP contribution is 2.37. The molecule has 0 amide bonds. The molecule has 0 spiro atoms. The molecule has 2 aromatic carbocycles. The van der Waals surface area contributed by atoms with Crippen molar-refractivity contribution in [2.75, 3.05) is 13.7 Å². The SMILES string of the molecule is CCOc1cc2c(cc1OC)-c1c/c(=N\c3c(C)cc(C)cc3C)n(CCc3nnn[nH]3)c(=O)n1CC2. The normalized spacial score (nSPS) is 12.8. The second-order valence-electron chi connectivity index (χ2n) is 9.27. The van der Waals surface area contributed by atoms with Gasteiger partial charge in [0.1, 0.15) is 11.3 Å². The Morgan fingerprint density at radius 2 is 1.86 bits per heavy atom. The van der Waals surface area contributed by atoms with E-state index in [4.69, 9.17) is 14.5 Å². The summed E-state index contributed by atoms with van der Waals surface area (Å²) in [6.45, 7) is 9.61. The Morgan fingerprint density at radius 1 is 1.08 bits per heavy atom. The maximum absolute atomic E-state index is 13.9. The molecule has 2 aromatic heterocycles. The summed E-state index contributed by atoms with van der Waals surface area (Å²) in [6.07, 6.45) is 1.19. The molecule has 0 aliphatic carbocycles. The third-order valence-electron chi connectivity index (χ3n) is 6.69. The van der Waals surface area contributed by atoms with Gasteiger partial charge in [-0.2, -0.15) is 0 Å². The number of aromatic amines is 1. The van der Waals surface area contributed by atoms with Gasteiger partial charge < -0.3 is 9.47 Å². The number of aromatic nitrogens is 6. The summed E-state index contributed by atoms with van der Waals surface area (Å²) in [7, 11) is 1.63. The van der Waals surface area contributed by atoms with E-state index in [2.05, 4.69) is 39.7 Å². The quantitative estimate of drug-likeness (QED) is 0.416. The molecule has 192 valence electrons. The van der Waals surface area contributed by atoms with Gasteiger partial charge in [-0.25, -0.2) is 14.9 Å². The van der Waals surface area contributed by atoms with Crippen LogP contribution >= 0.6 is 0 Å². The lowest BCUT2D eigenvalue weighted by molar-refractivity contribution is 0.310. The molecule has 0 saturated heterocycles. The van der Waals surface area contributed by atoms with Crippen LogP contribution in [0.25, 0.3) is 11.3 Å². The van der Waals surface area contributed by atoms with Gasteiger partial charge in [-0.3, -0.25) is 9.13 Å². The van der Waals surface area contributed by atoms with Crippen LogP contribution in [-0.4, -0.2) is 43.5 Å². The summed E-state index contributed by atoms with van der Waals surface area (Å²) in [5.41, 5.74) is 7.50. The molecule has 0 unspecified atom stereocenters. The minimum absolute atomic E-state index is 0.121. The van der Waals surface area contributed by atoms with Crippen LogP contribution in [0.2, 0.25) is 0 Å². The Morgan fingerprint density at radius 3 is 2.54 bits per heavy atom. The van der Waals surface area contributed by atoms with Crippen molar-refractivity contribution in [3.05, 3.63) is 74.4 Å². The first kappa shape index (κ1) is 24.5. The first-order valence-electron chi connectivity index (χ1n) is 12.4. The smallest absolute Gasteiger partial charge is 0.330 e. The second-order valence-corrected chi connectivity index (χ2v) is 9.27. The lowest BCUT2D eigenvalue weighted by Gasteiger charge is -2.25. The number of nitrogens with one attached hydrogen (secondary N) is 1. The third-order valence-corrected chi connectivity index (χ3v) is 6.69. The molecule has 0 fully saturated rings. The zero-order chi connectivity index (χ0) is 26.1. The average molecular weight is 502 g/mol. The molecular formula is C27H31N7O3. The second kappa shape index (κ2) is 10.0. The molecule has 0 saturated carbocycles. The average Bonchev–Trinajstić information content (AvgIpc) is 3.39. The number of fused-ring (bicyclic) bond motifs is 3. The van der Waals surface area contributed by atoms with Gasteiger partial charge in [0, 0.05) is 31.1 Å². The Kier molecular flexibility index (Phi) is 6.64. The van der Waals surface area contributed by atoms with Gasteiger partial charge >= 0.3 is 5.69 Å². The van der Waals surface area contributed by atoms with E-state index in [9.17, 15) is 4.79 Å². The molecule has 10 heteroatoms. The van der Waals surface area contributed by atoms with Crippen LogP contribution in [0.4, 0.5) is 5.69 Å². The van der Waals surface area contributed by atoms with Crippen molar-refractivity contribution in [2.24, 2.45) is 4.99 Å². The largest absolute Gasteiger partial charge is 0.493 e. The number of aryl methyl sites for hydroxylation is 5. The third kappa shape index (κ3) is 4.66. The number of H-pyrrole nitrogens is 1. The molecule has 1 N–H and O–H groups in total. The fourth-order valence-corrected chi connectivity index (χ4v) is 5.04. The maximum atomic E-state index is 13.9. The van der Waals surface area contributed by atoms with Crippen molar-refractivity contribution >= 4 is 5.69 Å². The van der Waals surface area contributed by atoms with Crippen molar-refractivity contribution < 1.29 is 9.47 Å². The summed E-state index contributed by atoms with van der Waals surface area (Å²) >= 11 is 0. The standard InChI is InChI=1S/C27H31N7O3/c1-6-37-23-13-19-7-9-33-21(20(19)14-22(23)36-5)15-25(28-26-17(3)11-16(2)12-18(26)4)34(27(33)35)10-8-24-29-31-32-30-24/h11-15H,6-10H2,1-5H3,(H,29,30,31,32)/b28-25+. The van der Waals surface area contributed by atoms with Crippen LogP contribution in [0.3, 0.4) is 0 Å². The minimum Gasteiger partial charge on any atom is -0.493 e. The summed E-state index contributed by atoms with van der Waals surface area (Å²) < 4.78 is 14.9. The van der Waals surface area contributed by atoms with Crippen molar-refractivity contribution in [2.45, 2.75) is 53.6 Å². The van der Waals surface area contributed by atoms with Gasteiger partial charge in [0.25, 0.3) is 0 Å². The predicted molar refractivity (Wildman–Crippen MR) is 139 cm³/mol. The van der Waals surface area contributed by atoms with E-state index in [0.717, 1.165) is 33.6 Å². The topological polar surface area (TPSA) is 112 Å². The van der Waals surface area contributed by atoms with E-state index >= 15 is 0 Å². The van der Waals surface area contributed by atoms with Crippen LogP contribution < -0.4 is 20.7 Å². The molecule has 37 heavy (non-hydrogen) atoms. The molecule has 3 heterocycles. The van der Waals surface area contributed by atoms with Crippen LogP contribution in [0, 0.1) is 20.8 Å². The van der Waals surface area contributed by atoms with E-state index < -0.39 is 0 Å². The highest BCUT2D eigenvalue weighted by molar-refractivity contribution is 5.70. The first-order chi connectivity index (χ1) is 17.9. The van der Waals surface area contributed by atoms with Gasteiger partial charge in [-0.05, 0) is 73.4 Å². The molecule has 0 bridgehead atoms. The summed E-state index contributed by atoms with van der Waals surface area (Å²) in [5, 5.41) is 14.1.